The minimum atomic E-state index is -0.0490. The van der Waals surface area contributed by atoms with Crippen molar-refractivity contribution < 1.29 is 9.26 Å². The molecule has 2 unspecified atom stereocenters. The molecule has 4 rings (SSSR count). The minimum absolute atomic E-state index is 0.0490. The first-order valence-corrected chi connectivity index (χ1v) is 7.47. The molecule has 8 nitrogen and oxygen atoms in total. The van der Waals surface area contributed by atoms with Gasteiger partial charge in [-0.05, 0) is 32.2 Å². The maximum absolute atomic E-state index is 5.55. The summed E-state index contributed by atoms with van der Waals surface area (Å²) in [5.74, 6) is 1.44. The van der Waals surface area contributed by atoms with Gasteiger partial charge in [0.15, 0.2) is 0 Å². The van der Waals surface area contributed by atoms with Gasteiger partial charge in [0.1, 0.15) is 12.4 Å². The summed E-state index contributed by atoms with van der Waals surface area (Å²) >= 11 is 0. The van der Waals surface area contributed by atoms with E-state index in [0.29, 0.717) is 23.6 Å². The van der Waals surface area contributed by atoms with Gasteiger partial charge in [-0.15, -0.1) is 5.10 Å². The van der Waals surface area contributed by atoms with Crippen LogP contribution in [-0.2, 0) is 4.74 Å². The van der Waals surface area contributed by atoms with Gasteiger partial charge in [0.05, 0.1) is 6.04 Å². The molecule has 4 heterocycles. The van der Waals surface area contributed by atoms with Gasteiger partial charge in [-0.2, -0.15) is 4.98 Å². The highest BCUT2D eigenvalue weighted by molar-refractivity contribution is 5.37. The highest BCUT2D eigenvalue weighted by atomic mass is 16.5. The van der Waals surface area contributed by atoms with Crippen molar-refractivity contribution >= 4 is 0 Å². The van der Waals surface area contributed by atoms with Crippen molar-refractivity contribution in [2.75, 3.05) is 19.7 Å². The average Bonchev–Trinajstić information content (AvgIpc) is 3.27. The van der Waals surface area contributed by atoms with Gasteiger partial charge in [-0.1, -0.05) is 5.16 Å². The predicted molar refractivity (Wildman–Crippen MR) is 72.4 cm³/mol. The van der Waals surface area contributed by atoms with Crippen LogP contribution in [-0.4, -0.2) is 44.6 Å². The molecule has 112 valence electrons. The highest BCUT2D eigenvalue weighted by Gasteiger charge is 2.25. The molecular weight excluding hydrogens is 272 g/mol. The second-order valence-corrected chi connectivity index (χ2v) is 5.51. The molecule has 2 aromatic heterocycles. The van der Waals surface area contributed by atoms with Gasteiger partial charge in [-0.25, -0.2) is 9.67 Å². The van der Waals surface area contributed by atoms with Crippen LogP contribution in [0.25, 0.3) is 11.7 Å². The maximum Gasteiger partial charge on any atom is 0.297 e. The number of ether oxygens (including phenoxy) is 1. The zero-order valence-electron chi connectivity index (χ0n) is 11.7. The summed E-state index contributed by atoms with van der Waals surface area (Å²) < 4.78 is 12.7. The van der Waals surface area contributed by atoms with Crippen molar-refractivity contribution in [2.24, 2.45) is 0 Å². The van der Waals surface area contributed by atoms with Crippen LogP contribution in [0.4, 0.5) is 0 Å². The Bertz CT molecular complexity index is 597. The first kappa shape index (κ1) is 12.9. The van der Waals surface area contributed by atoms with Crippen LogP contribution in [0.15, 0.2) is 10.9 Å². The Kier molecular flexibility index (Phi) is 3.40. The Morgan fingerprint density at radius 3 is 3.10 bits per heavy atom. The quantitative estimate of drug-likeness (QED) is 0.905. The van der Waals surface area contributed by atoms with Gasteiger partial charge < -0.3 is 14.6 Å². The van der Waals surface area contributed by atoms with Crippen LogP contribution in [0.3, 0.4) is 0 Å². The van der Waals surface area contributed by atoms with Gasteiger partial charge in [0.25, 0.3) is 5.89 Å². The fraction of sp³-hybridized carbons (Fsp3) is 0.692. The predicted octanol–water partition coefficient (Wildman–Crippen LogP) is 1.10. The lowest BCUT2D eigenvalue weighted by Gasteiger charge is -2.22. The normalized spacial score (nSPS) is 26.3. The summed E-state index contributed by atoms with van der Waals surface area (Å²) in [6.45, 7) is 2.76. The molecular formula is C13H18N6O2. The smallest absolute Gasteiger partial charge is 0.297 e. The number of aromatic nitrogens is 5. The summed E-state index contributed by atoms with van der Waals surface area (Å²) in [5, 5.41) is 11.8. The molecule has 0 bridgehead atoms. The van der Waals surface area contributed by atoms with Crippen LogP contribution in [0, 0.1) is 0 Å². The maximum atomic E-state index is 5.55. The fourth-order valence-corrected chi connectivity index (χ4v) is 2.85. The minimum Gasteiger partial charge on any atom is -0.370 e. The molecule has 1 N–H and O–H groups in total. The van der Waals surface area contributed by atoms with Crippen molar-refractivity contribution in [2.45, 2.75) is 37.8 Å². The third kappa shape index (κ3) is 2.56. The Morgan fingerprint density at radius 2 is 2.29 bits per heavy atom. The lowest BCUT2D eigenvalue weighted by molar-refractivity contribution is 0.103. The summed E-state index contributed by atoms with van der Waals surface area (Å²) in [6, 6.07) is 0.348. The van der Waals surface area contributed by atoms with Crippen molar-refractivity contribution in [3.05, 3.63) is 12.2 Å². The number of hydrogen-bond donors (Lipinski definition) is 1. The van der Waals surface area contributed by atoms with Crippen molar-refractivity contribution in [3.8, 4) is 11.7 Å². The van der Waals surface area contributed by atoms with Crippen LogP contribution in [0.2, 0.25) is 0 Å². The van der Waals surface area contributed by atoms with E-state index < -0.39 is 0 Å². The Morgan fingerprint density at radius 1 is 1.29 bits per heavy atom. The number of rotatable bonds is 3. The average molecular weight is 290 g/mol. The first-order chi connectivity index (χ1) is 10.4. The second kappa shape index (κ2) is 5.53. The van der Waals surface area contributed by atoms with Gasteiger partial charge in [0, 0.05) is 13.2 Å². The van der Waals surface area contributed by atoms with Crippen LogP contribution < -0.4 is 5.32 Å². The van der Waals surface area contributed by atoms with Crippen molar-refractivity contribution in [3.63, 3.8) is 0 Å². The molecule has 2 aliphatic heterocycles. The molecule has 2 aliphatic rings. The number of nitrogens with zero attached hydrogens (tertiary/aromatic N) is 5. The molecule has 0 amide bonds. The summed E-state index contributed by atoms with van der Waals surface area (Å²) in [4.78, 5) is 8.65. The SMILES string of the molecule is c1nc(-c2nc(C3CCCO3)no2)nn1C1CCCNC1. The van der Waals surface area contributed by atoms with E-state index in [1.54, 1.807) is 6.33 Å². The first-order valence-electron chi connectivity index (χ1n) is 7.47. The number of hydrogen-bond acceptors (Lipinski definition) is 7. The molecule has 8 heteroatoms. The molecule has 21 heavy (non-hydrogen) atoms. The largest absolute Gasteiger partial charge is 0.370 e. The van der Waals surface area contributed by atoms with Gasteiger partial charge in [-0.3, -0.25) is 0 Å². The summed E-state index contributed by atoms with van der Waals surface area (Å²) in [7, 11) is 0. The van der Waals surface area contributed by atoms with E-state index in [9.17, 15) is 0 Å². The molecule has 2 saturated heterocycles. The topological polar surface area (TPSA) is 90.9 Å². The fourth-order valence-electron chi connectivity index (χ4n) is 2.85. The molecule has 0 aromatic carbocycles. The van der Waals surface area contributed by atoms with Crippen molar-refractivity contribution in [1.82, 2.24) is 30.2 Å². The lowest BCUT2D eigenvalue weighted by Crippen LogP contribution is -2.31. The molecule has 0 aliphatic carbocycles. The zero-order chi connectivity index (χ0) is 14.1. The van der Waals surface area contributed by atoms with Crippen LogP contribution in [0.5, 0.6) is 0 Å². The van der Waals surface area contributed by atoms with E-state index in [0.717, 1.165) is 45.4 Å². The summed E-state index contributed by atoms with van der Waals surface area (Å²) in [6.07, 6.45) is 5.94. The van der Waals surface area contributed by atoms with E-state index in [4.69, 9.17) is 9.26 Å². The monoisotopic (exact) mass is 290 g/mol. The molecule has 0 saturated carbocycles. The van der Waals surface area contributed by atoms with E-state index >= 15 is 0 Å². The number of piperidine rings is 1. The molecule has 0 radical (unpaired) electrons. The van der Waals surface area contributed by atoms with Crippen LogP contribution in [0.1, 0.15) is 43.7 Å². The summed E-state index contributed by atoms with van der Waals surface area (Å²) in [5.41, 5.74) is 0. The van der Waals surface area contributed by atoms with E-state index in [2.05, 4.69) is 25.5 Å². The van der Waals surface area contributed by atoms with Crippen LogP contribution >= 0.6 is 0 Å². The highest BCUT2D eigenvalue weighted by Crippen LogP contribution is 2.27. The third-order valence-corrected chi connectivity index (χ3v) is 4.00. The second-order valence-electron chi connectivity index (χ2n) is 5.51. The molecule has 2 atom stereocenters. The Hall–Kier alpha value is -1.80. The molecule has 0 spiro atoms. The van der Waals surface area contributed by atoms with Crippen molar-refractivity contribution in [1.29, 1.82) is 0 Å². The Balaban J connectivity index is 1.52. The molecule has 2 aromatic rings. The van der Waals surface area contributed by atoms with E-state index in [-0.39, 0.29) is 6.10 Å². The zero-order valence-corrected chi connectivity index (χ0v) is 11.7. The van der Waals surface area contributed by atoms with E-state index in [1.807, 2.05) is 4.68 Å². The lowest BCUT2D eigenvalue weighted by atomic mass is 10.1. The Labute approximate surface area is 121 Å². The van der Waals surface area contributed by atoms with Gasteiger partial charge >= 0.3 is 0 Å². The number of nitrogens with one attached hydrogen (secondary N) is 1. The standard InChI is InChI=1S/C13H18N6O2/c1-3-9(7-14-5-1)19-8-15-12(17-19)13-16-11(18-21-13)10-4-2-6-20-10/h8-10,14H,1-7H2. The van der Waals surface area contributed by atoms with Gasteiger partial charge in [0.2, 0.25) is 11.6 Å². The molecule has 2 fully saturated rings. The van der Waals surface area contributed by atoms with E-state index in [1.165, 1.54) is 0 Å². The third-order valence-electron chi connectivity index (χ3n) is 4.00.